The Kier molecular flexibility index (Phi) is 6.80. The van der Waals surface area contributed by atoms with E-state index in [0.717, 1.165) is 64.4 Å². The summed E-state index contributed by atoms with van der Waals surface area (Å²) in [7, 11) is 0. The first kappa shape index (κ1) is 23.6. The lowest BCUT2D eigenvalue weighted by Crippen LogP contribution is -2.51. The molecule has 2 aliphatic carbocycles. The molecule has 3 heterocycles. The lowest BCUT2D eigenvalue weighted by Gasteiger charge is -2.39. The molecule has 0 radical (unpaired) electrons. The molecule has 0 bridgehead atoms. The number of rotatable bonds is 6. The fourth-order valence-electron chi connectivity index (χ4n) is 6.75. The summed E-state index contributed by atoms with van der Waals surface area (Å²) < 4.78 is 18.3. The van der Waals surface area contributed by atoms with Crippen LogP contribution in [0.1, 0.15) is 78.6 Å². The van der Waals surface area contributed by atoms with Crippen molar-refractivity contribution in [3.8, 4) is 0 Å². The zero-order chi connectivity index (χ0) is 23.1. The number of ether oxygens (including phenoxy) is 3. The van der Waals surface area contributed by atoms with Gasteiger partial charge in [-0.2, -0.15) is 0 Å². The van der Waals surface area contributed by atoms with E-state index in [2.05, 4.69) is 31.7 Å². The van der Waals surface area contributed by atoms with Crippen molar-refractivity contribution in [3.05, 3.63) is 11.6 Å². The normalized spacial score (nSPS) is 39.4. The molecule has 186 valence electrons. The molecule has 1 amide bonds. The fraction of sp³-hybridized carbons (Fsp3) is 0.889. The van der Waals surface area contributed by atoms with Crippen LogP contribution >= 0.6 is 0 Å². The van der Waals surface area contributed by atoms with Crippen molar-refractivity contribution in [1.29, 1.82) is 0 Å². The van der Waals surface area contributed by atoms with Crippen LogP contribution in [0.2, 0.25) is 0 Å². The lowest BCUT2D eigenvalue weighted by atomic mass is 9.70. The number of carbonyl (C=O) groups excluding carboxylic acids is 1. The number of carbonyl (C=O) groups is 1. The largest absolute Gasteiger partial charge is 0.446 e. The maximum Gasteiger partial charge on any atom is 0.410 e. The van der Waals surface area contributed by atoms with Gasteiger partial charge in [0.2, 0.25) is 0 Å². The molecule has 2 saturated carbocycles. The van der Waals surface area contributed by atoms with E-state index in [0.29, 0.717) is 5.92 Å². The molecule has 5 rings (SSSR count). The molecule has 5 aliphatic rings. The molecule has 0 N–H and O–H groups in total. The van der Waals surface area contributed by atoms with Crippen molar-refractivity contribution in [1.82, 2.24) is 9.80 Å². The summed E-state index contributed by atoms with van der Waals surface area (Å²) in [6.07, 6.45) is 13.0. The fourth-order valence-corrected chi connectivity index (χ4v) is 6.75. The number of piperazine rings is 1. The van der Waals surface area contributed by atoms with Gasteiger partial charge in [0.15, 0.2) is 0 Å². The van der Waals surface area contributed by atoms with Crippen LogP contribution in [0.4, 0.5) is 4.79 Å². The minimum absolute atomic E-state index is 0.0253. The molecule has 6 heteroatoms. The lowest BCUT2D eigenvalue weighted by molar-refractivity contribution is -0.0144. The van der Waals surface area contributed by atoms with Gasteiger partial charge in [0.25, 0.3) is 0 Å². The Balaban J connectivity index is 1.10. The van der Waals surface area contributed by atoms with E-state index in [4.69, 9.17) is 14.2 Å². The summed E-state index contributed by atoms with van der Waals surface area (Å²) in [5.41, 5.74) is 1.14. The minimum atomic E-state index is -0.154. The first-order valence-electron chi connectivity index (χ1n) is 13.5. The van der Waals surface area contributed by atoms with Crippen molar-refractivity contribution in [2.24, 2.45) is 11.8 Å². The third kappa shape index (κ3) is 5.28. The number of hydrogen-bond donors (Lipinski definition) is 0. The summed E-state index contributed by atoms with van der Waals surface area (Å²) in [5, 5.41) is 0. The summed E-state index contributed by atoms with van der Waals surface area (Å²) in [4.78, 5) is 17.5. The number of nitrogens with zero attached hydrogens (tertiary/aromatic N) is 2. The first-order valence-corrected chi connectivity index (χ1v) is 13.5. The molecule has 1 spiro atoms. The van der Waals surface area contributed by atoms with Gasteiger partial charge in [0.1, 0.15) is 6.10 Å². The zero-order valence-corrected chi connectivity index (χ0v) is 21.0. The van der Waals surface area contributed by atoms with Gasteiger partial charge < -0.3 is 19.1 Å². The second-order valence-corrected chi connectivity index (χ2v) is 11.8. The van der Waals surface area contributed by atoms with Crippen molar-refractivity contribution < 1.29 is 19.0 Å². The van der Waals surface area contributed by atoms with Gasteiger partial charge in [-0.15, -0.1) is 0 Å². The average molecular weight is 461 g/mol. The van der Waals surface area contributed by atoms with E-state index in [-0.39, 0.29) is 29.5 Å². The number of amides is 1. The highest BCUT2D eigenvalue weighted by molar-refractivity contribution is 5.68. The second-order valence-electron chi connectivity index (χ2n) is 11.8. The maximum atomic E-state index is 13.0. The molecule has 3 saturated heterocycles. The standard InChI is InChI=1S/C27H44N2O4/c1-20(2)9-10-24-26(3,33-24)23-17-22(11-12-27(23)19-31-27)32-25(30)29-15-13-28(14-16-29)18-21-7-5-4-6-8-21/h9,21-24H,4-8,10-19H2,1-3H3/t22-,23-,24-,26-,27+/m1/s1. The van der Waals surface area contributed by atoms with Crippen LogP contribution in [-0.2, 0) is 14.2 Å². The Bertz CT molecular complexity index is 732. The Morgan fingerprint density at radius 1 is 1.09 bits per heavy atom. The number of hydrogen-bond acceptors (Lipinski definition) is 5. The Morgan fingerprint density at radius 3 is 2.48 bits per heavy atom. The van der Waals surface area contributed by atoms with Crippen LogP contribution in [0.15, 0.2) is 11.6 Å². The molecule has 0 aromatic rings. The number of allylic oxidation sites excluding steroid dienone is 1. The van der Waals surface area contributed by atoms with Crippen LogP contribution in [-0.4, -0.2) is 78.6 Å². The van der Waals surface area contributed by atoms with Gasteiger partial charge in [-0.3, -0.25) is 4.90 Å². The summed E-state index contributed by atoms with van der Waals surface area (Å²) in [6.45, 7) is 12.1. The molecule has 33 heavy (non-hydrogen) atoms. The molecule has 0 aromatic carbocycles. The Morgan fingerprint density at radius 2 is 1.82 bits per heavy atom. The zero-order valence-electron chi connectivity index (χ0n) is 21.0. The van der Waals surface area contributed by atoms with Gasteiger partial charge in [-0.05, 0) is 65.2 Å². The molecule has 0 aromatic heterocycles. The molecule has 6 nitrogen and oxygen atoms in total. The van der Waals surface area contributed by atoms with Crippen LogP contribution in [0.3, 0.4) is 0 Å². The monoisotopic (exact) mass is 460 g/mol. The molecule has 5 fully saturated rings. The van der Waals surface area contributed by atoms with Gasteiger partial charge in [0, 0.05) is 38.6 Å². The number of epoxide rings is 2. The molecular formula is C27H44N2O4. The third-order valence-corrected chi connectivity index (χ3v) is 9.09. The molecule has 5 atom stereocenters. The quantitative estimate of drug-likeness (QED) is 0.422. The Labute approximate surface area is 200 Å². The van der Waals surface area contributed by atoms with E-state index < -0.39 is 0 Å². The minimum Gasteiger partial charge on any atom is -0.446 e. The van der Waals surface area contributed by atoms with Crippen LogP contribution in [0.5, 0.6) is 0 Å². The van der Waals surface area contributed by atoms with Gasteiger partial charge in [0.05, 0.1) is 23.9 Å². The van der Waals surface area contributed by atoms with Crippen LogP contribution in [0.25, 0.3) is 0 Å². The smallest absolute Gasteiger partial charge is 0.410 e. The van der Waals surface area contributed by atoms with Crippen LogP contribution < -0.4 is 0 Å². The van der Waals surface area contributed by atoms with Gasteiger partial charge in [-0.1, -0.05) is 30.9 Å². The van der Waals surface area contributed by atoms with E-state index in [1.54, 1.807) is 0 Å². The van der Waals surface area contributed by atoms with Crippen LogP contribution in [0, 0.1) is 11.8 Å². The first-order chi connectivity index (χ1) is 15.9. The molecular weight excluding hydrogens is 416 g/mol. The van der Waals surface area contributed by atoms with Gasteiger partial charge >= 0.3 is 6.09 Å². The average Bonchev–Trinajstić information content (AvgIpc) is 3.72. The summed E-state index contributed by atoms with van der Waals surface area (Å²) >= 11 is 0. The van der Waals surface area contributed by atoms with Crippen molar-refractivity contribution in [2.75, 3.05) is 39.3 Å². The Hall–Kier alpha value is -1.11. The van der Waals surface area contributed by atoms with E-state index >= 15 is 0 Å². The second kappa shape index (κ2) is 9.50. The highest BCUT2D eigenvalue weighted by Gasteiger charge is 2.68. The predicted molar refractivity (Wildman–Crippen MR) is 128 cm³/mol. The van der Waals surface area contributed by atoms with Gasteiger partial charge in [-0.25, -0.2) is 4.79 Å². The van der Waals surface area contributed by atoms with E-state index in [1.807, 2.05) is 4.90 Å². The SMILES string of the molecule is CC(C)=CC[C@H]1O[C@]1(C)[C@H]1C[C@H](OC(=O)N2CCN(CC3CCCCC3)CC2)CC[C@]12CO2. The van der Waals surface area contributed by atoms with Crippen molar-refractivity contribution >= 4 is 6.09 Å². The van der Waals surface area contributed by atoms with Crippen molar-refractivity contribution in [2.45, 2.75) is 102 Å². The molecule has 3 aliphatic heterocycles. The summed E-state index contributed by atoms with van der Waals surface area (Å²) in [5.74, 6) is 1.17. The maximum absolute atomic E-state index is 13.0. The highest BCUT2D eigenvalue weighted by Crippen LogP contribution is 2.59. The highest BCUT2D eigenvalue weighted by atomic mass is 16.6. The van der Waals surface area contributed by atoms with E-state index in [1.165, 1.54) is 44.2 Å². The molecule has 0 unspecified atom stereocenters. The topological polar surface area (TPSA) is 57.8 Å². The van der Waals surface area contributed by atoms with E-state index in [9.17, 15) is 4.79 Å². The van der Waals surface area contributed by atoms with Crippen molar-refractivity contribution in [3.63, 3.8) is 0 Å². The third-order valence-electron chi connectivity index (χ3n) is 9.09. The summed E-state index contributed by atoms with van der Waals surface area (Å²) in [6, 6.07) is 0. The predicted octanol–water partition coefficient (Wildman–Crippen LogP) is 4.77.